The van der Waals surface area contributed by atoms with Crippen LogP contribution < -0.4 is 14.8 Å². The van der Waals surface area contributed by atoms with Crippen molar-refractivity contribution in [1.82, 2.24) is 10.0 Å². The number of sulfonamides is 1. The van der Waals surface area contributed by atoms with Gasteiger partial charge in [-0.25, -0.2) is 13.1 Å². The van der Waals surface area contributed by atoms with Gasteiger partial charge in [0, 0.05) is 18.2 Å². The molecule has 1 aliphatic rings. The van der Waals surface area contributed by atoms with Crippen LogP contribution in [0.4, 0.5) is 0 Å². The third-order valence-corrected chi connectivity index (χ3v) is 5.14. The number of nitrogens with one attached hydrogen (secondary N) is 2. The van der Waals surface area contributed by atoms with Gasteiger partial charge in [0.25, 0.3) is 0 Å². The first-order valence-corrected chi connectivity index (χ1v) is 8.28. The molecule has 0 radical (unpaired) electrons. The minimum absolute atomic E-state index is 0.0739. The first kappa shape index (κ1) is 15.3. The lowest BCUT2D eigenvalue weighted by Crippen LogP contribution is -2.43. The maximum atomic E-state index is 12.3. The minimum atomic E-state index is -3.44. The molecular formula is C14H22N2O3S. The van der Waals surface area contributed by atoms with Crippen molar-refractivity contribution in [2.45, 2.75) is 37.2 Å². The van der Waals surface area contributed by atoms with E-state index in [1.54, 1.807) is 25.3 Å². The molecule has 0 saturated heterocycles. The molecule has 2 N–H and O–H groups in total. The predicted molar refractivity (Wildman–Crippen MR) is 78.3 cm³/mol. The van der Waals surface area contributed by atoms with Crippen LogP contribution in [0.1, 0.15) is 25.3 Å². The Hall–Kier alpha value is -1.11. The molecule has 0 amide bonds. The minimum Gasteiger partial charge on any atom is -0.496 e. The second-order valence-electron chi connectivity index (χ2n) is 5.40. The molecule has 5 nitrogen and oxygen atoms in total. The van der Waals surface area contributed by atoms with Crippen molar-refractivity contribution in [3.05, 3.63) is 23.8 Å². The van der Waals surface area contributed by atoms with Crippen LogP contribution in [0.3, 0.4) is 0 Å². The van der Waals surface area contributed by atoms with Crippen molar-refractivity contribution in [2.75, 3.05) is 14.2 Å². The number of rotatable bonds is 6. The van der Waals surface area contributed by atoms with E-state index in [0.717, 1.165) is 18.4 Å². The van der Waals surface area contributed by atoms with E-state index in [9.17, 15) is 8.42 Å². The van der Waals surface area contributed by atoms with Crippen molar-refractivity contribution < 1.29 is 13.2 Å². The Kier molecular flexibility index (Phi) is 4.67. The summed E-state index contributed by atoms with van der Waals surface area (Å²) in [5.41, 5.74) is 0.833. The molecule has 112 valence electrons. The Labute approximate surface area is 120 Å². The number of methoxy groups -OCH3 is 1. The van der Waals surface area contributed by atoms with Crippen LogP contribution in [0.2, 0.25) is 0 Å². The van der Waals surface area contributed by atoms with Gasteiger partial charge in [0.1, 0.15) is 5.75 Å². The third-order valence-electron chi connectivity index (χ3n) is 3.62. The lowest BCUT2D eigenvalue weighted by Gasteiger charge is -2.32. The lowest BCUT2D eigenvalue weighted by atomic mass is 9.83. The van der Waals surface area contributed by atoms with E-state index in [2.05, 4.69) is 17.0 Å². The largest absolute Gasteiger partial charge is 0.496 e. The third kappa shape index (κ3) is 3.31. The van der Waals surface area contributed by atoms with Crippen LogP contribution in [-0.2, 0) is 16.6 Å². The fraction of sp³-hybridized carbons (Fsp3) is 0.571. The summed E-state index contributed by atoms with van der Waals surface area (Å²) in [6.45, 7) is 2.69. The Morgan fingerprint density at radius 3 is 2.60 bits per heavy atom. The molecule has 1 fully saturated rings. The van der Waals surface area contributed by atoms with Crippen molar-refractivity contribution in [3.63, 3.8) is 0 Å². The van der Waals surface area contributed by atoms with Crippen molar-refractivity contribution >= 4 is 10.0 Å². The smallest absolute Gasteiger partial charge is 0.240 e. The highest BCUT2D eigenvalue weighted by Crippen LogP contribution is 2.28. The number of ether oxygens (including phenoxy) is 1. The first-order chi connectivity index (χ1) is 9.46. The van der Waals surface area contributed by atoms with Gasteiger partial charge in [-0.1, -0.05) is 6.92 Å². The summed E-state index contributed by atoms with van der Waals surface area (Å²) < 4.78 is 32.6. The maximum absolute atomic E-state index is 12.3. The van der Waals surface area contributed by atoms with Crippen molar-refractivity contribution in [1.29, 1.82) is 0 Å². The fourth-order valence-corrected chi connectivity index (χ4v) is 3.85. The van der Waals surface area contributed by atoms with Crippen LogP contribution in [0.5, 0.6) is 5.75 Å². The zero-order valence-electron chi connectivity index (χ0n) is 12.1. The van der Waals surface area contributed by atoms with Gasteiger partial charge in [-0.15, -0.1) is 0 Å². The normalized spacial score (nSPS) is 22.4. The lowest BCUT2D eigenvalue weighted by molar-refractivity contribution is 0.270. The highest BCUT2D eigenvalue weighted by Gasteiger charge is 2.30. The predicted octanol–water partition coefficient (Wildman–Crippen LogP) is 1.49. The van der Waals surface area contributed by atoms with Gasteiger partial charge in [-0.05, 0) is 44.0 Å². The van der Waals surface area contributed by atoms with E-state index in [1.165, 1.54) is 0 Å². The van der Waals surface area contributed by atoms with E-state index in [4.69, 9.17) is 4.74 Å². The molecule has 0 unspecified atom stereocenters. The van der Waals surface area contributed by atoms with Crippen LogP contribution in [0.15, 0.2) is 23.1 Å². The molecule has 6 heteroatoms. The van der Waals surface area contributed by atoms with Crippen LogP contribution in [0, 0.1) is 5.92 Å². The maximum Gasteiger partial charge on any atom is 0.240 e. The second-order valence-corrected chi connectivity index (χ2v) is 7.11. The fourth-order valence-electron chi connectivity index (χ4n) is 2.54. The molecule has 0 atom stereocenters. The van der Waals surface area contributed by atoms with Crippen LogP contribution in [0.25, 0.3) is 0 Å². The molecule has 2 rings (SSSR count). The molecule has 1 aliphatic carbocycles. The molecule has 20 heavy (non-hydrogen) atoms. The summed E-state index contributed by atoms with van der Waals surface area (Å²) in [5.74, 6) is 1.30. The van der Waals surface area contributed by atoms with Gasteiger partial charge in [0.05, 0.1) is 12.0 Å². The highest BCUT2D eigenvalue weighted by molar-refractivity contribution is 7.89. The Bertz CT molecular complexity index is 566. The zero-order chi connectivity index (χ0) is 14.8. The average molecular weight is 298 g/mol. The molecular weight excluding hydrogens is 276 g/mol. The van der Waals surface area contributed by atoms with Gasteiger partial charge < -0.3 is 10.1 Å². The van der Waals surface area contributed by atoms with Crippen molar-refractivity contribution in [2.24, 2.45) is 5.92 Å². The van der Waals surface area contributed by atoms with Crippen molar-refractivity contribution in [3.8, 4) is 5.75 Å². The quantitative estimate of drug-likeness (QED) is 0.835. The van der Waals surface area contributed by atoms with E-state index in [0.29, 0.717) is 23.1 Å². The standard InChI is InChI=1S/C14H22N2O3S/c1-10-6-12(7-10)16-20(17,18)13-4-5-14(19-3)11(8-13)9-15-2/h4-5,8,10,12,15-16H,6-7,9H2,1-3H3. The molecule has 1 saturated carbocycles. The molecule has 1 aromatic carbocycles. The average Bonchev–Trinajstić information content (AvgIpc) is 2.37. The van der Waals surface area contributed by atoms with Gasteiger partial charge >= 0.3 is 0 Å². The van der Waals surface area contributed by atoms with Gasteiger partial charge in [0.2, 0.25) is 10.0 Å². The molecule has 0 aliphatic heterocycles. The summed E-state index contributed by atoms with van der Waals surface area (Å²) in [7, 11) is -0.0488. The van der Waals surface area contributed by atoms with E-state index in [1.807, 2.05) is 7.05 Å². The highest BCUT2D eigenvalue weighted by atomic mass is 32.2. The molecule has 0 heterocycles. The summed E-state index contributed by atoms with van der Waals surface area (Å²) in [5, 5.41) is 3.01. The number of hydrogen-bond acceptors (Lipinski definition) is 4. The summed E-state index contributed by atoms with van der Waals surface area (Å²) in [6.07, 6.45) is 1.83. The van der Waals surface area contributed by atoms with E-state index in [-0.39, 0.29) is 6.04 Å². The second kappa shape index (κ2) is 6.11. The topological polar surface area (TPSA) is 67.4 Å². The van der Waals surface area contributed by atoms with Gasteiger partial charge in [-0.2, -0.15) is 0 Å². The van der Waals surface area contributed by atoms with Gasteiger partial charge in [-0.3, -0.25) is 0 Å². The summed E-state index contributed by atoms with van der Waals surface area (Å²) >= 11 is 0. The summed E-state index contributed by atoms with van der Waals surface area (Å²) in [6, 6.07) is 5.03. The molecule has 1 aromatic rings. The van der Waals surface area contributed by atoms with Crippen LogP contribution >= 0.6 is 0 Å². The number of hydrogen-bond donors (Lipinski definition) is 2. The van der Waals surface area contributed by atoms with Crippen LogP contribution in [-0.4, -0.2) is 28.6 Å². The molecule has 0 spiro atoms. The Balaban J connectivity index is 2.20. The monoisotopic (exact) mass is 298 g/mol. The SMILES string of the molecule is CNCc1cc(S(=O)(=O)NC2CC(C)C2)ccc1OC. The Morgan fingerprint density at radius 2 is 2.05 bits per heavy atom. The number of benzene rings is 1. The first-order valence-electron chi connectivity index (χ1n) is 6.80. The van der Waals surface area contributed by atoms with Gasteiger partial charge in [0.15, 0.2) is 0 Å². The van der Waals surface area contributed by atoms with E-state index >= 15 is 0 Å². The summed E-state index contributed by atoms with van der Waals surface area (Å²) in [4.78, 5) is 0.295. The van der Waals surface area contributed by atoms with E-state index < -0.39 is 10.0 Å². The zero-order valence-corrected chi connectivity index (χ0v) is 13.0. The molecule has 0 bridgehead atoms. The molecule has 0 aromatic heterocycles. The Morgan fingerprint density at radius 1 is 1.35 bits per heavy atom.